The topological polar surface area (TPSA) is 59.8 Å². The molecule has 1 aromatic carbocycles. The fourth-order valence-corrected chi connectivity index (χ4v) is 2.60. The van der Waals surface area contributed by atoms with Gasteiger partial charge in [-0.1, -0.05) is 6.42 Å². The average molecular weight is 279 g/mol. The number of hydrazine groups is 1. The first-order valence-corrected chi connectivity index (χ1v) is 7.21. The zero-order valence-corrected chi connectivity index (χ0v) is 12.4. The van der Waals surface area contributed by atoms with E-state index >= 15 is 0 Å². The third kappa shape index (κ3) is 3.62. The van der Waals surface area contributed by atoms with Crippen LogP contribution < -0.4 is 20.6 Å². The van der Waals surface area contributed by atoms with Crippen LogP contribution in [-0.2, 0) is 0 Å². The van der Waals surface area contributed by atoms with E-state index in [1.165, 1.54) is 19.3 Å². The summed E-state index contributed by atoms with van der Waals surface area (Å²) in [6, 6.07) is 5.93. The van der Waals surface area contributed by atoms with Crippen molar-refractivity contribution in [2.75, 3.05) is 33.9 Å². The Morgan fingerprint density at radius 3 is 2.55 bits per heavy atom. The minimum absolute atomic E-state index is 0.0638. The molecule has 1 heterocycles. The van der Waals surface area contributed by atoms with Gasteiger partial charge in [-0.2, -0.15) is 0 Å². The van der Waals surface area contributed by atoms with Gasteiger partial charge in [-0.3, -0.25) is 0 Å². The number of ether oxygens (including phenoxy) is 2. The predicted molar refractivity (Wildman–Crippen MR) is 79.9 cm³/mol. The molecule has 0 bridgehead atoms. The van der Waals surface area contributed by atoms with Crippen LogP contribution in [0.1, 0.15) is 30.9 Å². The molecule has 1 unspecified atom stereocenters. The molecule has 1 aromatic rings. The second-order valence-corrected chi connectivity index (χ2v) is 5.07. The highest BCUT2D eigenvalue weighted by atomic mass is 16.5. The number of hydrogen-bond acceptors (Lipinski definition) is 5. The lowest BCUT2D eigenvalue weighted by molar-refractivity contribution is 0.129. The van der Waals surface area contributed by atoms with Crippen molar-refractivity contribution in [3.8, 4) is 11.5 Å². The standard InChI is InChI=1S/C15H25N3O2/c1-19-12-6-7-13(15(10-12)20-2)14(11-16)17-18-8-4-3-5-9-18/h6-7,10,14,17H,3-5,8-9,11,16H2,1-2H3. The molecule has 5 heteroatoms. The Kier molecular flexibility index (Phi) is 5.64. The summed E-state index contributed by atoms with van der Waals surface area (Å²) < 4.78 is 10.7. The molecule has 1 aliphatic heterocycles. The fourth-order valence-electron chi connectivity index (χ4n) is 2.60. The second kappa shape index (κ2) is 7.47. The van der Waals surface area contributed by atoms with E-state index < -0.39 is 0 Å². The summed E-state index contributed by atoms with van der Waals surface area (Å²) in [6.45, 7) is 2.68. The Bertz CT molecular complexity index is 420. The molecule has 1 aliphatic rings. The van der Waals surface area contributed by atoms with Crippen molar-refractivity contribution in [3.05, 3.63) is 23.8 Å². The molecule has 20 heavy (non-hydrogen) atoms. The number of piperidine rings is 1. The van der Waals surface area contributed by atoms with E-state index in [0.717, 1.165) is 30.2 Å². The van der Waals surface area contributed by atoms with Crippen molar-refractivity contribution in [1.82, 2.24) is 10.4 Å². The van der Waals surface area contributed by atoms with Gasteiger partial charge < -0.3 is 15.2 Å². The maximum absolute atomic E-state index is 5.94. The monoisotopic (exact) mass is 279 g/mol. The fraction of sp³-hybridized carbons (Fsp3) is 0.600. The Labute approximate surface area is 121 Å². The largest absolute Gasteiger partial charge is 0.497 e. The lowest BCUT2D eigenvalue weighted by Crippen LogP contribution is -2.45. The Hall–Kier alpha value is -1.30. The maximum Gasteiger partial charge on any atom is 0.127 e. The van der Waals surface area contributed by atoms with E-state index in [2.05, 4.69) is 10.4 Å². The second-order valence-electron chi connectivity index (χ2n) is 5.07. The molecule has 1 fully saturated rings. The number of benzene rings is 1. The van der Waals surface area contributed by atoms with Gasteiger partial charge >= 0.3 is 0 Å². The molecular formula is C15H25N3O2. The van der Waals surface area contributed by atoms with Gasteiger partial charge in [0.2, 0.25) is 0 Å². The van der Waals surface area contributed by atoms with Gasteiger partial charge in [0.15, 0.2) is 0 Å². The van der Waals surface area contributed by atoms with E-state index in [1.807, 2.05) is 18.2 Å². The lowest BCUT2D eigenvalue weighted by Gasteiger charge is -2.32. The van der Waals surface area contributed by atoms with Gasteiger partial charge in [0.1, 0.15) is 11.5 Å². The molecule has 112 valence electrons. The molecule has 2 rings (SSSR count). The summed E-state index contributed by atoms with van der Waals surface area (Å²) in [5.41, 5.74) is 10.5. The molecule has 0 saturated carbocycles. The van der Waals surface area contributed by atoms with Gasteiger partial charge in [0.05, 0.1) is 20.3 Å². The summed E-state index contributed by atoms with van der Waals surface area (Å²) >= 11 is 0. The van der Waals surface area contributed by atoms with Crippen molar-refractivity contribution in [1.29, 1.82) is 0 Å². The molecule has 5 nitrogen and oxygen atoms in total. The van der Waals surface area contributed by atoms with Gasteiger partial charge in [0.25, 0.3) is 0 Å². The number of nitrogens with zero attached hydrogens (tertiary/aromatic N) is 1. The Morgan fingerprint density at radius 2 is 1.95 bits per heavy atom. The number of hydrogen-bond donors (Lipinski definition) is 2. The van der Waals surface area contributed by atoms with Crippen LogP contribution in [0, 0.1) is 0 Å². The Balaban J connectivity index is 2.13. The van der Waals surface area contributed by atoms with Gasteiger partial charge in [-0.15, -0.1) is 0 Å². The maximum atomic E-state index is 5.94. The molecule has 3 N–H and O–H groups in total. The molecule has 0 amide bonds. The molecular weight excluding hydrogens is 254 g/mol. The predicted octanol–water partition coefficient (Wildman–Crippen LogP) is 1.69. The van der Waals surface area contributed by atoms with Crippen molar-refractivity contribution in [3.63, 3.8) is 0 Å². The molecule has 0 spiro atoms. The third-order valence-corrected chi connectivity index (χ3v) is 3.75. The molecule has 0 aromatic heterocycles. The lowest BCUT2D eigenvalue weighted by atomic mass is 10.1. The number of methoxy groups -OCH3 is 2. The summed E-state index contributed by atoms with van der Waals surface area (Å²) in [6.07, 6.45) is 3.80. The summed E-state index contributed by atoms with van der Waals surface area (Å²) in [5, 5.41) is 2.27. The van der Waals surface area contributed by atoms with Crippen molar-refractivity contribution in [2.45, 2.75) is 25.3 Å². The first-order valence-electron chi connectivity index (χ1n) is 7.21. The van der Waals surface area contributed by atoms with Crippen LogP contribution in [0.25, 0.3) is 0 Å². The van der Waals surface area contributed by atoms with Gasteiger partial charge in [-0.05, 0) is 25.0 Å². The minimum atomic E-state index is 0.0638. The Morgan fingerprint density at radius 1 is 1.20 bits per heavy atom. The molecule has 1 saturated heterocycles. The van der Waals surface area contributed by atoms with Crippen LogP contribution in [0.3, 0.4) is 0 Å². The van der Waals surface area contributed by atoms with Crippen molar-refractivity contribution >= 4 is 0 Å². The van der Waals surface area contributed by atoms with E-state index in [0.29, 0.717) is 6.54 Å². The average Bonchev–Trinajstić information content (AvgIpc) is 2.53. The summed E-state index contributed by atoms with van der Waals surface area (Å²) in [7, 11) is 3.33. The zero-order valence-electron chi connectivity index (χ0n) is 12.4. The van der Waals surface area contributed by atoms with Crippen LogP contribution in [0.15, 0.2) is 18.2 Å². The van der Waals surface area contributed by atoms with Crippen LogP contribution in [-0.4, -0.2) is 38.9 Å². The number of rotatable bonds is 6. The molecule has 0 radical (unpaired) electrons. The van der Waals surface area contributed by atoms with Crippen molar-refractivity contribution in [2.24, 2.45) is 5.73 Å². The van der Waals surface area contributed by atoms with E-state index in [9.17, 15) is 0 Å². The first kappa shape index (κ1) is 15.1. The van der Waals surface area contributed by atoms with Crippen LogP contribution in [0.4, 0.5) is 0 Å². The quantitative estimate of drug-likeness (QED) is 0.830. The van der Waals surface area contributed by atoms with Crippen LogP contribution in [0.5, 0.6) is 11.5 Å². The highest BCUT2D eigenvalue weighted by Gasteiger charge is 2.19. The minimum Gasteiger partial charge on any atom is -0.497 e. The first-order chi connectivity index (χ1) is 9.78. The molecule has 1 atom stereocenters. The van der Waals surface area contributed by atoms with Crippen LogP contribution in [0.2, 0.25) is 0 Å². The third-order valence-electron chi connectivity index (χ3n) is 3.75. The van der Waals surface area contributed by atoms with E-state index in [1.54, 1.807) is 14.2 Å². The van der Waals surface area contributed by atoms with Crippen molar-refractivity contribution < 1.29 is 9.47 Å². The SMILES string of the molecule is COc1ccc(C(CN)NN2CCCCC2)c(OC)c1. The van der Waals surface area contributed by atoms with E-state index in [4.69, 9.17) is 15.2 Å². The highest BCUT2D eigenvalue weighted by Crippen LogP contribution is 2.29. The zero-order chi connectivity index (χ0) is 14.4. The smallest absolute Gasteiger partial charge is 0.127 e. The van der Waals surface area contributed by atoms with Gasteiger partial charge in [-0.25, -0.2) is 10.4 Å². The number of nitrogens with one attached hydrogen (secondary N) is 1. The highest BCUT2D eigenvalue weighted by molar-refractivity contribution is 5.42. The van der Waals surface area contributed by atoms with E-state index in [-0.39, 0.29) is 6.04 Å². The van der Waals surface area contributed by atoms with Gasteiger partial charge in [0, 0.05) is 31.3 Å². The number of nitrogens with two attached hydrogens (primary N) is 1. The molecule has 0 aliphatic carbocycles. The van der Waals surface area contributed by atoms with Crippen LogP contribution >= 0.6 is 0 Å². The normalized spacial score (nSPS) is 17.8. The summed E-state index contributed by atoms with van der Waals surface area (Å²) in [5.74, 6) is 1.60. The summed E-state index contributed by atoms with van der Waals surface area (Å²) in [4.78, 5) is 0.